The third-order valence-electron chi connectivity index (χ3n) is 4.33. The molecular formula is C15H29N3O3. The second kappa shape index (κ2) is 7.75. The van der Waals surface area contributed by atoms with E-state index in [1.807, 2.05) is 20.9 Å². The molecule has 0 aliphatic carbocycles. The Morgan fingerprint density at radius 2 is 1.76 bits per heavy atom. The van der Waals surface area contributed by atoms with Gasteiger partial charge in [0, 0.05) is 6.04 Å². The van der Waals surface area contributed by atoms with Crippen LogP contribution < -0.4 is 5.32 Å². The van der Waals surface area contributed by atoms with E-state index in [1.165, 1.54) is 6.92 Å². The van der Waals surface area contributed by atoms with Gasteiger partial charge in [0.25, 0.3) is 0 Å². The summed E-state index contributed by atoms with van der Waals surface area (Å²) in [6.45, 7) is 7.56. The fourth-order valence-corrected chi connectivity index (χ4v) is 2.95. The van der Waals surface area contributed by atoms with Gasteiger partial charge in [0.2, 0.25) is 5.91 Å². The van der Waals surface area contributed by atoms with Crippen molar-refractivity contribution in [3.05, 3.63) is 0 Å². The number of carbonyl (C=O) groups is 2. The number of carboxylic acids is 1. The zero-order chi connectivity index (χ0) is 16.2. The van der Waals surface area contributed by atoms with Gasteiger partial charge in [0.15, 0.2) is 0 Å². The predicted octanol–water partition coefficient (Wildman–Crippen LogP) is 0.626. The minimum absolute atomic E-state index is 0.135. The topological polar surface area (TPSA) is 72.9 Å². The normalized spacial score (nSPS) is 20.5. The quantitative estimate of drug-likeness (QED) is 0.752. The van der Waals surface area contributed by atoms with Crippen LogP contribution in [0.5, 0.6) is 0 Å². The molecule has 0 radical (unpaired) electrons. The molecule has 21 heavy (non-hydrogen) atoms. The number of nitrogens with one attached hydrogen (secondary N) is 1. The molecule has 122 valence electrons. The molecule has 6 heteroatoms. The molecule has 1 heterocycles. The van der Waals surface area contributed by atoms with Gasteiger partial charge in [-0.1, -0.05) is 13.8 Å². The number of piperidine rings is 1. The standard InChI is InChI=1S/C15H29N3O3/c1-10(2)13(14(19)16-11(3)15(20)21)18(5)12-6-8-17(4)9-7-12/h10-13H,6-9H2,1-5H3,(H,16,19)(H,20,21). The SMILES string of the molecule is CC(NC(=O)C(C(C)C)N(C)C1CCN(C)CC1)C(=O)O. The van der Waals surface area contributed by atoms with E-state index in [4.69, 9.17) is 5.11 Å². The van der Waals surface area contributed by atoms with E-state index in [0.717, 1.165) is 25.9 Å². The molecule has 1 amide bonds. The van der Waals surface area contributed by atoms with Gasteiger partial charge in [0.1, 0.15) is 6.04 Å². The van der Waals surface area contributed by atoms with Crippen molar-refractivity contribution in [1.82, 2.24) is 15.1 Å². The van der Waals surface area contributed by atoms with Crippen molar-refractivity contribution in [2.75, 3.05) is 27.2 Å². The molecule has 0 bridgehead atoms. The van der Waals surface area contributed by atoms with Crippen LogP contribution in [0.4, 0.5) is 0 Å². The van der Waals surface area contributed by atoms with Gasteiger partial charge in [-0.25, -0.2) is 0 Å². The van der Waals surface area contributed by atoms with E-state index >= 15 is 0 Å². The van der Waals surface area contributed by atoms with E-state index in [1.54, 1.807) is 0 Å². The maximum Gasteiger partial charge on any atom is 0.325 e. The first kappa shape index (κ1) is 17.9. The van der Waals surface area contributed by atoms with Crippen molar-refractivity contribution in [3.8, 4) is 0 Å². The summed E-state index contributed by atoms with van der Waals surface area (Å²) in [7, 11) is 4.09. The predicted molar refractivity (Wildman–Crippen MR) is 82.1 cm³/mol. The van der Waals surface area contributed by atoms with Gasteiger partial charge in [-0.15, -0.1) is 0 Å². The van der Waals surface area contributed by atoms with Gasteiger partial charge in [0.05, 0.1) is 6.04 Å². The number of rotatable bonds is 6. The lowest BCUT2D eigenvalue weighted by Crippen LogP contribution is -2.56. The molecule has 0 aromatic rings. The molecule has 2 N–H and O–H groups in total. The first-order chi connectivity index (χ1) is 9.73. The maximum absolute atomic E-state index is 12.4. The number of likely N-dealkylation sites (N-methyl/N-ethyl adjacent to an activating group) is 1. The molecule has 0 aromatic heterocycles. The van der Waals surface area contributed by atoms with Gasteiger partial charge < -0.3 is 15.3 Å². The number of aliphatic carboxylic acids is 1. The third kappa shape index (κ3) is 4.97. The summed E-state index contributed by atoms with van der Waals surface area (Å²) in [5.41, 5.74) is 0. The molecule has 1 rings (SSSR count). The van der Waals surface area contributed by atoms with Crippen molar-refractivity contribution >= 4 is 11.9 Å². The summed E-state index contributed by atoms with van der Waals surface area (Å²) < 4.78 is 0. The molecule has 1 aliphatic heterocycles. The van der Waals surface area contributed by atoms with Crippen LogP contribution in [-0.4, -0.2) is 72.1 Å². The van der Waals surface area contributed by atoms with Crippen LogP contribution in [0.3, 0.4) is 0 Å². The summed E-state index contributed by atoms with van der Waals surface area (Å²) in [6, 6.07) is -0.774. The van der Waals surface area contributed by atoms with Crippen molar-refractivity contribution in [2.24, 2.45) is 5.92 Å². The maximum atomic E-state index is 12.4. The highest BCUT2D eigenvalue weighted by atomic mass is 16.4. The van der Waals surface area contributed by atoms with Gasteiger partial charge in [-0.3, -0.25) is 14.5 Å². The molecule has 1 fully saturated rings. The van der Waals surface area contributed by atoms with E-state index in [-0.39, 0.29) is 17.9 Å². The smallest absolute Gasteiger partial charge is 0.325 e. The Hall–Kier alpha value is -1.14. The molecule has 0 spiro atoms. The number of likely N-dealkylation sites (tertiary alicyclic amines) is 1. The summed E-state index contributed by atoms with van der Waals surface area (Å²) in [5, 5.41) is 11.5. The average molecular weight is 299 g/mol. The van der Waals surface area contributed by atoms with Crippen molar-refractivity contribution in [1.29, 1.82) is 0 Å². The van der Waals surface area contributed by atoms with E-state index in [2.05, 4.69) is 22.2 Å². The van der Waals surface area contributed by atoms with Gasteiger partial charge >= 0.3 is 5.97 Å². The van der Waals surface area contributed by atoms with Crippen LogP contribution in [0.15, 0.2) is 0 Å². The number of carboxylic acid groups (broad SMARTS) is 1. The lowest BCUT2D eigenvalue weighted by atomic mass is 9.96. The summed E-state index contributed by atoms with van der Waals surface area (Å²) in [6.07, 6.45) is 2.08. The first-order valence-electron chi connectivity index (χ1n) is 7.67. The molecule has 2 unspecified atom stereocenters. The van der Waals surface area contributed by atoms with Crippen LogP contribution in [-0.2, 0) is 9.59 Å². The first-order valence-corrected chi connectivity index (χ1v) is 7.67. The largest absolute Gasteiger partial charge is 0.480 e. The second-order valence-electron chi connectivity index (χ2n) is 6.46. The molecule has 0 aromatic carbocycles. The Labute approximate surface area is 127 Å². The summed E-state index contributed by atoms with van der Waals surface area (Å²) >= 11 is 0. The summed E-state index contributed by atoms with van der Waals surface area (Å²) in [5.74, 6) is -1.07. The van der Waals surface area contributed by atoms with Crippen molar-refractivity contribution in [2.45, 2.75) is 51.7 Å². The van der Waals surface area contributed by atoms with E-state index < -0.39 is 12.0 Å². The lowest BCUT2D eigenvalue weighted by Gasteiger charge is -2.40. The zero-order valence-electron chi connectivity index (χ0n) is 13.8. The molecular weight excluding hydrogens is 270 g/mol. The van der Waals surface area contributed by atoms with Crippen LogP contribution in [0.2, 0.25) is 0 Å². The Bertz CT molecular complexity index is 365. The Morgan fingerprint density at radius 3 is 2.19 bits per heavy atom. The third-order valence-corrected chi connectivity index (χ3v) is 4.33. The number of hydrogen-bond donors (Lipinski definition) is 2. The number of hydrogen-bond acceptors (Lipinski definition) is 4. The second-order valence-corrected chi connectivity index (χ2v) is 6.46. The lowest BCUT2D eigenvalue weighted by molar-refractivity contribution is -0.142. The molecule has 1 saturated heterocycles. The molecule has 0 saturated carbocycles. The van der Waals surface area contributed by atoms with Crippen LogP contribution >= 0.6 is 0 Å². The molecule has 2 atom stereocenters. The van der Waals surface area contributed by atoms with Crippen molar-refractivity contribution in [3.63, 3.8) is 0 Å². The van der Waals surface area contributed by atoms with E-state index in [0.29, 0.717) is 6.04 Å². The van der Waals surface area contributed by atoms with Crippen LogP contribution in [0.25, 0.3) is 0 Å². The minimum Gasteiger partial charge on any atom is -0.480 e. The van der Waals surface area contributed by atoms with Crippen LogP contribution in [0.1, 0.15) is 33.6 Å². The number of amides is 1. The highest BCUT2D eigenvalue weighted by Crippen LogP contribution is 2.20. The number of carbonyl (C=O) groups excluding carboxylic acids is 1. The van der Waals surface area contributed by atoms with Crippen molar-refractivity contribution < 1.29 is 14.7 Å². The fourth-order valence-electron chi connectivity index (χ4n) is 2.95. The fraction of sp³-hybridized carbons (Fsp3) is 0.867. The summed E-state index contributed by atoms with van der Waals surface area (Å²) in [4.78, 5) is 27.7. The molecule has 1 aliphatic rings. The Morgan fingerprint density at radius 1 is 1.24 bits per heavy atom. The Balaban J connectivity index is 2.71. The minimum atomic E-state index is -1.01. The van der Waals surface area contributed by atoms with Crippen LogP contribution in [0, 0.1) is 5.92 Å². The average Bonchev–Trinajstić information content (AvgIpc) is 2.38. The van der Waals surface area contributed by atoms with E-state index in [9.17, 15) is 9.59 Å². The highest BCUT2D eigenvalue weighted by molar-refractivity contribution is 5.86. The van der Waals surface area contributed by atoms with Gasteiger partial charge in [-0.2, -0.15) is 0 Å². The zero-order valence-corrected chi connectivity index (χ0v) is 13.8. The molecule has 6 nitrogen and oxygen atoms in total. The Kier molecular flexibility index (Phi) is 6.61. The highest BCUT2D eigenvalue weighted by Gasteiger charge is 2.33. The monoisotopic (exact) mass is 299 g/mol. The number of nitrogens with zero attached hydrogens (tertiary/aromatic N) is 2. The van der Waals surface area contributed by atoms with Gasteiger partial charge in [-0.05, 0) is 52.9 Å².